The lowest BCUT2D eigenvalue weighted by Gasteiger charge is -2.13. The van der Waals surface area contributed by atoms with Gasteiger partial charge in [-0.25, -0.2) is 9.78 Å². The third-order valence-electron chi connectivity index (χ3n) is 6.11. The Bertz CT molecular complexity index is 1340. The molecule has 0 saturated heterocycles. The zero-order valence-electron chi connectivity index (χ0n) is 19.5. The van der Waals surface area contributed by atoms with E-state index < -0.39 is 11.2 Å². The molecule has 1 saturated carbocycles. The van der Waals surface area contributed by atoms with Crippen molar-refractivity contribution in [3.8, 4) is 11.8 Å². The first-order chi connectivity index (χ1) is 16.4. The molecule has 0 radical (unpaired) electrons. The molecule has 2 heterocycles. The molecule has 1 N–H and O–H groups in total. The number of hydrogen-bond donors (Lipinski definition) is 1. The Balaban J connectivity index is 1.81. The summed E-state index contributed by atoms with van der Waals surface area (Å²) in [7, 11) is 1.59. The largest absolute Gasteiger partial charge is 0.396 e. The van der Waals surface area contributed by atoms with Crippen LogP contribution in [0.1, 0.15) is 50.4 Å². The van der Waals surface area contributed by atoms with Crippen LogP contribution in [0, 0.1) is 11.8 Å². The normalized spacial score (nSPS) is 14.9. The van der Waals surface area contributed by atoms with Gasteiger partial charge in [-0.2, -0.15) is 0 Å². The fourth-order valence-electron chi connectivity index (χ4n) is 4.33. The minimum Gasteiger partial charge on any atom is -0.396 e. The third-order valence-corrected chi connectivity index (χ3v) is 6.36. The Labute approximate surface area is 202 Å². The lowest BCUT2D eigenvalue weighted by atomic mass is 10.2. The number of ether oxygens (including phenoxy) is 1. The summed E-state index contributed by atoms with van der Waals surface area (Å²) in [6.45, 7) is 2.25. The average Bonchev–Trinajstić information content (AvgIpc) is 3.46. The highest BCUT2D eigenvalue weighted by Crippen LogP contribution is 2.22. The van der Waals surface area contributed by atoms with Gasteiger partial charge in [0.15, 0.2) is 17.0 Å². The Morgan fingerprint density at radius 1 is 1.21 bits per heavy atom. The van der Waals surface area contributed by atoms with Crippen molar-refractivity contribution in [1.82, 2.24) is 18.7 Å². The van der Waals surface area contributed by atoms with Gasteiger partial charge in [0, 0.05) is 25.2 Å². The smallest absolute Gasteiger partial charge is 0.332 e. The number of aliphatic hydroxyl groups is 1. The van der Waals surface area contributed by atoms with Gasteiger partial charge in [0.1, 0.15) is 6.10 Å². The van der Waals surface area contributed by atoms with Crippen LogP contribution < -0.4 is 11.2 Å². The zero-order valence-corrected chi connectivity index (χ0v) is 20.2. The van der Waals surface area contributed by atoms with E-state index in [9.17, 15) is 14.7 Å². The Morgan fingerprint density at radius 3 is 2.59 bits per heavy atom. The zero-order chi connectivity index (χ0) is 24.2. The van der Waals surface area contributed by atoms with Gasteiger partial charge in [0.25, 0.3) is 5.56 Å². The second kappa shape index (κ2) is 10.6. The Kier molecular flexibility index (Phi) is 7.57. The molecule has 2 aromatic heterocycles. The molecule has 1 aliphatic rings. The number of imidazole rings is 1. The van der Waals surface area contributed by atoms with Gasteiger partial charge in [0.05, 0.1) is 12.6 Å². The minimum absolute atomic E-state index is 0.118. The molecule has 1 aliphatic carbocycles. The average molecular weight is 485 g/mol. The highest BCUT2D eigenvalue weighted by molar-refractivity contribution is 6.30. The number of benzene rings is 1. The number of rotatable bonds is 7. The van der Waals surface area contributed by atoms with Crippen molar-refractivity contribution in [3.05, 3.63) is 61.5 Å². The van der Waals surface area contributed by atoms with E-state index in [4.69, 9.17) is 16.3 Å². The molecule has 1 fully saturated rings. The summed E-state index contributed by atoms with van der Waals surface area (Å²) >= 11 is 6.04. The van der Waals surface area contributed by atoms with Crippen LogP contribution in [-0.2, 0) is 24.9 Å². The summed E-state index contributed by atoms with van der Waals surface area (Å²) in [4.78, 5) is 30.8. The molecule has 180 valence electrons. The molecular weight excluding hydrogens is 456 g/mol. The maximum atomic E-state index is 13.4. The van der Waals surface area contributed by atoms with E-state index in [1.807, 2.05) is 19.1 Å². The molecule has 1 atom stereocenters. The van der Waals surface area contributed by atoms with Crippen LogP contribution in [0.15, 0.2) is 33.9 Å². The number of hydrogen-bond acceptors (Lipinski definition) is 5. The maximum Gasteiger partial charge on any atom is 0.332 e. The molecule has 8 nitrogen and oxygen atoms in total. The summed E-state index contributed by atoms with van der Waals surface area (Å²) in [6, 6.07) is 7.33. The van der Waals surface area contributed by atoms with Crippen molar-refractivity contribution in [2.24, 2.45) is 7.05 Å². The van der Waals surface area contributed by atoms with Crippen LogP contribution in [0.2, 0.25) is 5.02 Å². The van der Waals surface area contributed by atoms with Crippen LogP contribution >= 0.6 is 11.6 Å². The lowest BCUT2D eigenvalue weighted by molar-refractivity contribution is 0.0324. The molecule has 3 aromatic rings. The van der Waals surface area contributed by atoms with Crippen molar-refractivity contribution in [3.63, 3.8) is 0 Å². The van der Waals surface area contributed by atoms with E-state index in [1.54, 1.807) is 23.7 Å². The van der Waals surface area contributed by atoms with Gasteiger partial charge in [-0.05, 0) is 49.8 Å². The second-order valence-corrected chi connectivity index (χ2v) is 9.09. The Morgan fingerprint density at radius 2 is 1.91 bits per heavy atom. The number of aromatic nitrogens is 4. The van der Waals surface area contributed by atoms with Gasteiger partial charge >= 0.3 is 5.69 Å². The molecule has 1 unspecified atom stereocenters. The second-order valence-electron chi connectivity index (χ2n) is 8.65. The van der Waals surface area contributed by atoms with Gasteiger partial charge in [0.2, 0.25) is 0 Å². The lowest BCUT2D eigenvalue weighted by Crippen LogP contribution is -2.40. The first-order valence-corrected chi connectivity index (χ1v) is 12.0. The molecule has 0 bridgehead atoms. The summed E-state index contributed by atoms with van der Waals surface area (Å²) in [5.41, 5.74) is 0.564. The van der Waals surface area contributed by atoms with Crippen molar-refractivity contribution in [2.75, 3.05) is 6.61 Å². The van der Waals surface area contributed by atoms with E-state index >= 15 is 0 Å². The van der Waals surface area contributed by atoms with Crippen LogP contribution in [0.3, 0.4) is 0 Å². The number of fused-ring (bicyclic) bond motifs is 1. The highest BCUT2D eigenvalue weighted by Gasteiger charge is 2.21. The number of aliphatic hydroxyl groups excluding tert-OH is 1. The maximum absolute atomic E-state index is 13.4. The predicted octanol–water partition coefficient (Wildman–Crippen LogP) is 2.68. The standard InChI is InChI=1S/C25H29ClN4O4/c1-17(34-20-6-3-4-7-20)8-13-21-27-23-22(30(21)16-18-9-11-19(26)12-10-18)24(32)29(14-5-15-31)25(33)28(23)2/h9-12,17,20,31H,3-7,14-16H2,1-2H3. The quantitative estimate of drug-likeness (QED) is 0.521. The van der Waals surface area contributed by atoms with E-state index in [1.165, 1.54) is 17.4 Å². The Hall–Kier alpha value is -2.86. The van der Waals surface area contributed by atoms with E-state index in [0.29, 0.717) is 29.3 Å². The predicted molar refractivity (Wildman–Crippen MR) is 131 cm³/mol. The molecule has 34 heavy (non-hydrogen) atoms. The molecule has 4 rings (SSSR count). The van der Waals surface area contributed by atoms with Crippen molar-refractivity contribution >= 4 is 22.8 Å². The SMILES string of the molecule is CC(C#Cc1nc2c(c(=O)n(CCCO)c(=O)n2C)n1Cc1ccc(Cl)cc1)OC1CCCC1. The fourth-order valence-corrected chi connectivity index (χ4v) is 4.46. The van der Waals surface area contributed by atoms with Crippen molar-refractivity contribution in [1.29, 1.82) is 0 Å². The third kappa shape index (κ3) is 5.12. The van der Waals surface area contributed by atoms with Gasteiger partial charge in [-0.15, -0.1) is 0 Å². The molecular formula is C25H29ClN4O4. The highest BCUT2D eigenvalue weighted by atomic mass is 35.5. The first kappa shape index (κ1) is 24.3. The van der Waals surface area contributed by atoms with Crippen LogP contribution in [-0.4, -0.2) is 42.6 Å². The monoisotopic (exact) mass is 484 g/mol. The van der Waals surface area contributed by atoms with Crippen LogP contribution in [0.25, 0.3) is 11.2 Å². The summed E-state index contributed by atoms with van der Waals surface area (Å²) in [5.74, 6) is 6.60. The van der Waals surface area contributed by atoms with Crippen LogP contribution in [0.5, 0.6) is 0 Å². The number of aryl methyl sites for hydroxylation is 1. The van der Waals surface area contributed by atoms with E-state index in [-0.39, 0.29) is 31.0 Å². The summed E-state index contributed by atoms with van der Waals surface area (Å²) < 4.78 is 10.3. The number of halogens is 1. The van der Waals surface area contributed by atoms with Crippen molar-refractivity contribution in [2.45, 2.75) is 64.3 Å². The van der Waals surface area contributed by atoms with Crippen molar-refractivity contribution < 1.29 is 9.84 Å². The van der Waals surface area contributed by atoms with E-state index in [0.717, 1.165) is 23.0 Å². The molecule has 0 spiro atoms. The topological polar surface area (TPSA) is 91.3 Å². The van der Waals surface area contributed by atoms with E-state index in [2.05, 4.69) is 16.8 Å². The molecule has 0 aliphatic heterocycles. The summed E-state index contributed by atoms with van der Waals surface area (Å²) in [5, 5.41) is 9.83. The number of nitrogens with zero attached hydrogens (tertiary/aromatic N) is 4. The molecule has 9 heteroatoms. The molecule has 0 amide bonds. The molecule has 1 aromatic carbocycles. The van der Waals surface area contributed by atoms with Crippen LogP contribution in [0.4, 0.5) is 0 Å². The van der Waals surface area contributed by atoms with Gasteiger partial charge in [-0.1, -0.05) is 42.5 Å². The fraction of sp³-hybridized carbons (Fsp3) is 0.480. The minimum atomic E-state index is -0.473. The van der Waals surface area contributed by atoms with Gasteiger partial charge < -0.3 is 14.4 Å². The first-order valence-electron chi connectivity index (χ1n) is 11.6. The van der Waals surface area contributed by atoms with Gasteiger partial charge in [-0.3, -0.25) is 13.9 Å². The summed E-state index contributed by atoms with van der Waals surface area (Å²) in [6.07, 6.45) is 4.71.